The molecular formula is C19H13N3O4. The van der Waals surface area contributed by atoms with E-state index in [0.717, 1.165) is 5.56 Å². The maximum atomic E-state index is 12.6. The minimum Gasteiger partial charge on any atom is -0.324 e. The van der Waals surface area contributed by atoms with E-state index in [1.54, 1.807) is 19.2 Å². The van der Waals surface area contributed by atoms with E-state index < -0.39 is 17.8 Å². The zero-order valence-corrected chi connectivity index (χ0v) is 13.7. The van der Waals surface area contributed by atoms with E-state index in [0.29, 0.717) is 10.8 Å². The van der Waals surface area contributed by atoms with Gasteiger partial charge in [0.2, 0.25) is 0 Å². The third-order valence-electron chi connectivity index (χ3n) is 4.14. The van der Waals surface area contributed by atoms with Crippen LogP contribution in [0.25, 0.3) is 11.3 Å². The summed E-state index contributed by atoms with van der Waals surface area (Å²) in [5.41, 5.74) is 1.88. The maximum Gasteiger partial charge on any atom is 0.367 e. The van der Waals surface area contributed by atoms with Gasteiger partial charge in [0.15, 0.2) is 0 Å². The van der Waals surface area contributed by atoms with E-state index in [2.05, 4.69) is 5.10 Å². The number of nitrogens with zero attached hydrogens (tertiary/aromatic N) is 3. The van der Waals surface area contributed by atoms with E-state index in [1.165, 1.54) is 23.0 Å². The number of aryl methyl sites for hydroxylation is 1. The van der Waals surface area contributed by atoms with Crippen LogP contribution in [0.2, 0.25) is 0 Å². The molecule has 2 heterocycles. The lowest BCUT2D eigenvalue weighted by molar-refractivity contribution is -0.0584. The molecule has 0 fully saturated rings. The number of benzene rings is 2. The molecule has 128 valence electrons. The molecular weight excluding hydrogens is 334 g/mol. The monoisotopic (exact) mass is 347 g/mol. The van der Waals surface area contributed by atoms with E-state index in [1.807, 2.05) is 30.3 Å². The maximum absolute atomic E-state index is 12.6. The number of hydrogen-bond acceptors (Lipinski definition) is 5. The molecule has 26 heavy (non-hydrogen) atoms. The first-order valence-electron chi connectivity index (χ1n) is 7.85. The Bertz CT molecular complexity index is 1000. The Morgan fingerprint density at radius 2 is 1.50 bits per heavy atom. The van der Waals surface area contributed by atoms with Crippen LogP contribution in [0.15, 0.2) is 60.8 Å². The van der Waals surface area contributed by atoms with Gasteiger partial charge in [0.05, 0.1) is 23.0 Å². The van der Waals surface area contributed by atoms with Crippen molar-refractivity contribution in [3.05, 3.63) is 77.5 Å². The molecule has 1 aliphatic heterocycles. The van der Waals surface area contributed by atoms with Gasteiger partial charge < -0.3 is 4.84 Å². The molecule has 0 radical (unpaired) electrons. The summed E-state index contributed by atoms with van der Waals surface area (Å²) in [6, 6.07) is 15.5. The van der Waals surface area contributed by atoms with Gasteiger partial charge in [0.1, 0.15) is 5.56 Å². The Balaban J connectivity index is 1.65. The van der Waals surface area contributed by atoms with Crippen molar-refractivity contribution in [1.82, 2.24) is 14.8 Å². The third-order valence-corrected chi connectivity index (χ3v) is 4.14. The molecule has 0 aliphatic carbocycles. The van der Waals surface area contributed by atoms with E-state index in [-0.39, 0.29) is 16.7 Å². The predicted octanol–water partition coefficient (Wildman–Crippen LogP) is 2.46. The molecule has 3 aromatic rings. The molecule has 0 bridgehead atoms. The highest BCUT2D eigenvalue weighted by Crippen LogP contribution is 2.26. The molecule has 0 atom stereocenters. The number of imide groups is 1. The number of fused-ring (bicyclic) bond motifs is 1. The van der Waals surface area contributed by atoms with Crippen LogP contribution < -0.4 is 0 Å². The van der Waals surface area contributed by atoms with Crippen LogP contribution >= 0.6 is 0 Å². The number of aromatic nitrogens is 2. The number of carbonyl (C=O) groups is 3. The summed E-state index contributed by atoms with van der Waals surface area (Å²) in [6.45, 7) is 0. The molecule has 7 heteroatoms. The second-order valence-electron chi connectivity index (χ2n) is 5.73. The van der Waals surface area contributed by atoms with Gasteiger partial charge in [-0.05, 0) is 12.1 Å². The van der Waals surface area contributed by atoms with Crippen LogP contribution in [-0.4, -0.2) is 32.6 Å². The molecule has 0 saturated carbocycles. The molecule has 7 nitrogen and oxygen atoms in total. The highest BCUT2D eigenvalue weighted by Gasteiger charge is 2.39. The van der Waals surface area contributed by atoms with Gasteiger partial charge in [-0.3, -0.25) is 14.3 Å². The molecule has 0 N–H and O–H groups in total. The summed E-state index contributed by atoms with van der Waals surface area (Å²) < 4.78 is 1.54. The second kappa shape index (κ2) is 5.96. The van der Waals surface area contributed by atoms with Crippen molar-refractivity contribution in [3.63, 3.8) is 0 Å². The first-order chi connectivity index (χ1) is 12.6. The summed E-state index contributed by atoms with van der Waals surface area (Å²) in [5.74, 6) is -2.15. The lowest BCUT2D eigenvalue weighted by Crippen LogP contribution is -2.32. The minimum absolute atomic E-state index is 0.162. The van der Waals surface area contributed by atoms with Gasteiger partial charge in [0, 0.05) is 12.6 Å². The molecule has 1 aliphatic rings. The van der Waals surface area contributed by atoms with Gasteiger partial charge in [-0.15, -0.1) is 0 Å². The van der Waals surface area contributed by atoms with Crippen LogP contribution in [0, 0.1) is 0 Å². The molecule has 0 unspecified atom stereocenters. The zero-order valence-electron chi connectivity index (χ0n) is 13.7. The van der Waals surface area contributed by atoms with Crippen molar-refractivity contribution in [3.8, 4) is 11.3 Å². The third kappa shape index (κ3) is 2.37. The molecule has 1 aromatic heterocycles. The average molecular weight is 347 g/mol. The standard InChI is InChI=1S/C19H13N3O4/c1-21-16(12-7-3-2-4-8-12)15(11-20-21)19(25)26-22-17(23)13-9-5-6-10-14(13)18(22)24/h2-11H,1H3. The second-order valence-corrected chi connectivity index (χ2v) is 5.73. The number of rotatable bonds is 3. The fourth-order valence-electron chi connectivity index (χ4n) is 2.91. The van der Waals surface area contributed by atoms with Gasteiger partial charge in [-0.1, -0.05) is 47.5 Å². The zero-order chi connectivity index (χ0) is 18.3. The van der Waals surface area contributed by atoms with E-state index in [4.69, 9.17) is 4.84 Å². The van der Waals surface area contributed by atoms with Crippen molar-refractivity contribution in [1.29, 1.82) is 0 Å². The smallest absolute Gasteiger partial charge is 0.324 e. The Kier molecular flexibility index (Phi) is 3.62. The van der Waals surface area contributed by atoms with Gasteiger partial charge in [-0.2, -0.15) is 5.10 Å². The first-order valence-corrected chi connectivity index (χ1v) is 7.85. The topological polar surface area (TPSA) is 81.5 Å². The quantitative estimate of drug-likeness (QED) is 0.680. The van der Waals surface area contributed by atoms with Crippen LogP contribution in [0.1, 0.15) is 31.1 Å². The fourth-order valence-corrected chi connectivity index (χ4v) is 2.91. The highest BCUT2D eigenvalue weighted by molar-refractivity contribution is 6.21. The Hall–Kier alpha value is -3.74. The molecule has 2 aromatic carbocycles. The van der Waals surface area contributed by atoms with Crippen molar-refractivity contribution >= 4 is 17.8 Å². The predicted molar refractivity (Wildman–Crippen MR) is 91.0 cm³/mol. The van der Waals surface area contributed by atoms with Crippen LogP contribution in [-0.2, 0) is 11.9 Å². The first kappa shape index (κ1) is 15.8. The number of hydroxylamine groups is 2. The normalized spacial score (nSPS) is 13.0. The Morgan fingerprint density at radius 1 is 0.923 bits per heavy atom. The average Bonchev–Trinajstić information content (AvgIpc) is 3.16. The van der Waals surface area contributed by atoms with Gasteiger partial charge >= 0.3 is 5.97 Å². The molecule has 0 saturated heterocycles. The summed E-state index contributed by atoms with van der Waals surface area (Å²) in [5, 5.41) is 4.59. The molecule has 4 rings (SSSR count). The summed E-state index contributed by atoms with van der Waals surface area (Å²) in [4.78, 5) is 42.4. The van der Waals surface area contributed by atoms with Gasteiger partial charge in [-0.25, -0.2) is 4.79 Å². The van der Waals surface area contributed by atoms with Crippen LogP contribution in [0.4, 0.5) is 0 Å². The van der Waals surface area contributed by atoms with Crippen molar-refractivity contribution in [2.45, 2.75) is 0 Å². The Morgan fingerprint density at radius 3 is 2.12 bits per heavy atom. The fraction of sp³-hybridized carbons (Fsp3) is 0.0526. The highest BCUT2D eigenvalue weighted by atomic mass is 16.7. The van der Waals surface area contributed by atoms with Gasteiger partial charge in [0.25, 0.3) is 11.8 Å². The summed E-state index contributed by atoms with van der Waals surface area (Å²) in [7, 11) is 1.70. The van der Waals surface area contributed by atoms with E-state index >= 15 is 0 Å². The molecule has 0 spiro atoms. The molecule has 2 amide bonds. The number of hydrogen-bond donors (Lipinski definition) is 0. The minimum atomic E-state index is -0.827. The largest absolute Gasteiger partial charge is 0.367 e. The van der Waals surface area contributed by atoms with Crippen LogP contribution in [0.5, 0.6) is 0 Å². The lowest BCUT2D eigenvalue weighted by atomic mass is 10.1. The van der Waals surface area contributed by atoms with Crippen molar-refractivity contribution in [2.75, 3.05) is 0 Å². The van der Waals surface area contributed by atoms with E-state index in [9.17, 15) is 14.4 Å². The summed E-state index contributed by atoms with van der Waals surface area (Å²) in [6.07, 6.45) is 1.35. The number of amides is 2. The van der Waals surface area contributed by atoms with Crippen molar-refractivity contribution < 1.29 is 19.2 Å². The SMILES string of the molecule is Cn1ncc(C(=O)ON2C(=O)c3ccccc3C2=O)c1-c1ccccc1. The lowest BCUT2D eigenvalue weighted by Gasteiger charge is -2.13. The van der Waals surface area contributed by atoms with Crippen LogP contribution in [0.3, 0.4) is 0 Å². The number of carbonyl (C=O) groups excluding carboxylic acids is 3. The summed E-state index contributed by atoms with van der Waals surface area (Å²) >= 11 is 0. The Labute approximate surface area is 148 Å². The van der Waals surface area contributed by atoms with Crippen molar-refractivity contribution in [2.24, 2.45) is 7.05 Å².